The number of carbonyl (C=O) groups is 1. The third-order valence-corrected chi connectivity index (χ3v) is 5.18. The predicted molar refractivity (Wildman–Crippen MR) is 80.7 cm³/mol. The van der Waals surface area contributed by atoms with Crippen LogP contribution in [-0.2, 0) is 4.74 Å². The Labute approximate surface area is 123 Å². The van der Waals surface area contributed by atoms with E-state index in [4.69, 9.17) is 4.74 Å². The van der Waals surface area contributed by atoms with Crippen LogP contribution >= 0.6 is 0 Å². The molecule has 0 aromatic rings. The summed E-state index contributed by atoms with van der Waals surface area (Å²) in [4.78, 5) is 13.5. The van der Waals surface area contributed by atoms with Gasteiger partial charge in [-0.3, -0.25) is 0 Å². The number of ether oxygens (including phenoxy) is 1. The van der Waals surface area contributed by atoms with Gasteiger partial charge in [-0.1, -0.05) is 26.7 Å². The van der Waals surface area contributed by atoms with Crippen LogP contribution < -0.4 is 5.32 Å². The molecule has 2 aliphatic rings. The third-order valence-electron chi connectivity index (χ3n) is 5.18. The maximum absolute atomic E-state index is 11.7. The van der Waals surface area contributed by atoms with Crippen molar-refractivity contribution in [3.8, 4) is 0 Å². The molecule has 4 heteroatoms. The summed E-state index contributed by atoms with van der Waals surface area (Å²) in [6, 6.07) is 1.23. The van der Waals surface area contributed by atoms with Gasteiger partial charge in [0.2, 0.25) is 0 Å². The summed E-state index contributed by atoms with van der Waals surface area (Å²) in [5, 5.41) is 3.85. The SMILES string of the molecule is CCOC(=O)N1CCC(N[C@@H]2CCC[C@@H](C)[C@H]2C)CC1. The molecule has 1 saturated carbocycles. The summed E-state index contributed by atoms with van der Waals surface area (Å²) in [7, 11) is 0. The molecule has 1 aliphatic carbocycles. The fourth-order valence-electron chi connectivity index (χ4n) is 3.56. The van der Waals surface area contributed by atoms with Gasteiger partial charge in [0.15, 0.2) is 0 Å². The molecule has 3 atom stereocenters. The highest BCUT2D eigenvalue weighted by atomic mass is 16.6. The van der Waals surface area contributed by atoms with E-state index < -0.39 is 0 Å². The summed E-state index contributed by atoms with van der Waals surface area (Å²) in [5.74, 6) is 1.60. The maximum atomic E-state index is 11.7. The lowest BCUT2D eigenvalue weighted by Gasteiger charge is -2.39. The Morgan fingerprint density at radius 2 is 1.90 bits per heavy atom. The lowest BCUT2D eigenvalue weighted by molar-refractivity contribution is 0.0910. The number of rotatable bonds is 3. The van der Waals surface area contributed by atoms with Gasteiger partial charge in [0.1, 0.15) is 0 Å². The first kappa shape index (κ1) is 15.6. The lowest BCUT2D eigenvalue weighted by atomic mass is 9.77. The first-order valence-electron chi connectivity index (χ1n) is 8.29. The minimum Gasteiger partial charge on any atom is -0.450 e. The molecule has 1 N–H and O–H groups in total. The summed E-state index contributed by atoms with van der Waals surface area (Å²) in [6.07, 6.45) is 5.99. The third kappa shape index (κ3) is 3.87. The quantitative estimate of drug-likeness (QED) is 0.865. The van der Waals surface area contributed by atoms with E-state index in [0.29, 0.717) is 18.7 Å². The summed E-state index contributed by atoms with van der Waals surface area (Å²) in [5.41, 5.74) is 0. The van der Waals surface area contributed by atoms with Crippen molar-refractivity contribution in [2.75, 3.05) is 19.7 Å². The van der Waals surface area contributed by atoms with Crippen LogP contribution in [0.2, 0.25) is 0 Å². The van der Waals surface area contributed by atoms with Crippen LogP contribution in [0.4, 0.5) is 4.79 Å². The normalized spacial score (nSPS) is 32.1. The van der Waals surface area contributed by atoms with Crippen LogP contribution in [0, 0.1) is 11.8 Å². The van der Waals surface area contributed by atoms with E-state index in [-0.39, 0.29) is 6.09 Å². The fourth-order valence-corrected chi connectivity index (χ4v) is 3.56. The number of piperidine rings is 1. The minimum atomic E-state index is -0.148. The average molecular weight is 282 g/mol. The van der Waals surface area contributed by atoms with Crippen molar-refractivity contribution in [2.45, 2.75) is 65.0 Å². The molecule has 0 unspecified atom stereocenters. The molecule has 4 nitrogen and oxygen atoms in total. The van der Waals surface area contributed by atoms with Crippen molar-refractivity contribution in [3.05, 3.63) is 0 Å². The Kier molecular flexibility index (Phi) is 5.70. The van der Waals surface area contributed by atoms with E-state index in [1.54, 1.807) is 0 Å². The standard InChI is InChI=1S/C16H30N2O2/c1-4-20-16(19)18-10-8-14(9-11-18)17-15-7-5-6-12(2)13(15)3/h12-15,17H,4-11H2,1-3H3/t12-,13-,15-/m1/s1. The van der Waals surface area contributed by atoms with E-state index in [0.717, 1.165) is 37.8 Å². The summed E-state index contributed by atoms with van der Waals surface area (Å²) < 4.78 is 5.06. The minimum absolute atomic E-state index is 0.148. The monoisotopic (exact) mass is 282 g/mol. The summed E-state index contributed by atoms with van der Waals surface area (Å²) in [6.45, 7) is 8.74. The molecular weight excluding hydrogens is 252 g/mol. The van der Waals surface area contributed by atoms with Gasteiger partial charge in [-0.05, 0) is 38.0 Å². The second-order valence-electron chi connectivity index (χ2n) is 6.50. The molecule has 2 rings (SSSR count). The predicted octanol–water partition coefficient (Wildman–Crippen LogP) is 3.02. The van der Waals surface area contributed by atoms with Gasteiger partial charge >= 0.3 is 6.09 Å². The number of hydrogen-bond donors (Lipinski definition) is 1. The molecule has 0 bridgehead atoms. The molecule has 2 fully saturated rings. The van der Waals surface area contributed by atoms with E-state index in [2.05, 4.69) is 19.2 Å². The highest BCUT2D eigenvalue weighted by Gasteiger charge is 2.30. The van der Waals surface area contributed by atoms with Crippen LogP contribution in [0.3, 0.4) is 0 Å². The number of likely N-dealkylation sites (tertiary alicyclic amines) is 1. The Morgan fingerprint density at radius 1 is 1.20 bits per heavy atom. The van der Waals surface area contributed by atoms with Gasteiger partial charge in [0, 0.05) is 25.2 Å². The highest BCUT2D eigenvalue weighted by Crippen LogP contribution is 2.30. The van der Waals surface area contributed by atoms with Crippen molar-refractivity contribution < 1.29 is 9.53 Å². The van der Waals surface area contributed by atoms with Crippen molar-refractivity contribution in [2.24, 2.45) is 11.8 Å². The molecule has 1 amide bonds. The number of nitrogens with one attached hydrogen (secondary N) is 1. The Hall–Kier alpha value is -0.770. The zero-order chi connectivity index (χ0) is 14.5. The molecule has 20 heavy (non-hydrogen) atoms. The van der Waals surface area contributed by atoms with Crippen molar-refractivity contribution in [1.82, 2.24) is 10.2 Å². The van der Waals surface area contributed by atoms with E-state index in [1.807, 2.05) is 11.8 Å². The first-order chi connectivity index (χ1) is 9.61. The van der Waals surface area contributed by atoms with Gasteiger partial charge < -0.3 is 15.0 Å². The van der Waals surface area contributed by atoms with E-state index in [9.17, 15) is 4.79 Å². The van der Waals surface area contributed by atoms with Gasteiger partial charge in [-0.15, -0.1) is 0 Å². The molecule has 0 aromatic carbocycles. The molecule has 0 aromatic heterocycles. The van der Waals surface area contributed by atoms with Gasteiger partial charge in [-0.2, -0.15) is 0 Å². The van der Waals surface area contributed by atoms with Crippen molar-refractivity contribution >= 4 is 6.09 Å². The Bertz CT molecular complexity index is 314. The highest BCUT2D eigenvalue weighted by molar-refractivity contribution is 5.67. The van der Waals surface area contributed by atoms with Crippen LogP contribution in [0.5, 0.6) is 0 Å². The zero-order valence-corrected chi connectivity index (χ0v) is 13.2. The average Bonchev–Trinajstić information content (AvgIpc) is 2.45. The van der Waals surface area contributed by atoms with Crippen molar-refractivity contribution in [1.29, 1.82) is 0 Å². The molecule has 0 radical (unpaired) electrons. The molecular formula is C16H30N2O2. The zero-order valence-electron chi connectivity index (χ0n) is 13.2. The van der Waals surface area contributed by atoms with Crippen LogP contribution in [0.1, 0.15) is 52.9 Å². The second kappa shape index (κ2) is 7.30. The maximum Gasteiger partial charge on any atom is 0.409 e. The topological polar surface area (TPSA) is 41.6 Å². The Morgan fingerprint density at radius 3 is 2.55 bits per heavy atom. The number of carbonyl (C=O) groups excluding carboxylic acids is 1. The van der Waals surface area contributed by atoms with Crippen molar-refractivity contribution in [3.63, 3.8) is 0 Å². The first-order valence-corrected chi connectivity index (χ1v) is 8.29. The molecule has 116 valence electrons. The van der Waals surface area contributed by atoms with E-state index >= 15 is 0 Å². The molecule has 1 heterocycles. The molecule has 1 aliphatic heterocycles. The van der Waals surface area contributed by atoms with Gasteiger partial charge in [-0.25, -0.2) is 4.79 Å². The van der Waals surface area contributed by atoms with Crippen LogP contribution in [-0.4, -0.2) is 42.8 Å². The number of amides is 1. The fraction of sp³-hybridized carbons (Fsp3) is 0.938. The molecule has 1 saturated heterocycles. The second-order valence-corrected chi connectivity index (χ2v) is 6.50. The van der Waals surface area contributed by atoms with Crippen LogP contribution in [0.15, 0.2) is 0 Å². The lowest BCUT2D eigenvalue weighted by Crippen LogP contribution is -2.51. The van der Waals surface area contributed by atoms with Gasteiger partial charge in [0.05, 0.1) is 6.61 Å². The molecule has 0 spiro atoms. The van der Waals surface area contributed by atoms with E-state index in [1.165, 1.54) is 19.3 Å². The summed E-state index contributed by atoms with van der Waals surface area (Å²) >= 11 is 0. The number of nitrogens with zero attached hydrogens (tertiary/aromatic N) is 1. The van der Waals surface area contributed by atoms with Gasteiger partial charge in [0.25, 0.3) is 0 Å². The largest absolute Gasteiger partial charge is 0.450 e. The number of hydrogen-bond acceptors (Lipinski definition) is 3. The van der Waals surface area contributed by atoms with Crippen LogP contribution in [0.25, 0.3) is 0 Å². The Balaban J connectivity index is 1.75. The smallest absolute Gasteiger partial charge is 0.409 e.